The Labute approximate surface area is 349 Å². The van der Waals surface area contributed by atoms with E-state index in [4.69, 9.17) is 0 Å². The molecule has 8 rings (SSSR count). The van der Waals surface area contributed by atoms with Crippen LogP contribution in [0.25, 0.3) is 44.5 Å². The molecular formula is C53H47BrF3N. The lowest BCUT2D eigenvalue weighted by atomic mass is 9.69. The quantitative estimate of drug-likeness (QED) is 0.0980. The lowest BCUT2D eigenvalue weighted by molar-refractivity contribution is -0.178. The van der Waals surface area contributed by atoms with E-state index < -0.39 is 11.6 Å². The van der Waals surface area contributed by atoms with Crippen LogP contribution in [0.4, 0.5) is 13.2 Å². The average Bonchev–Trinajstić information content (AvgIpc) is 3.26. The van der Waals surface area contributed by atoms with Gasteiger partial charge in [-0.2, -0.15) is 13.2 Å². The van der Waals surface area contributed by atoms with Gasteiger partial charge in [-0.05, 0) is 111 Å². The van der Waals surface area contributed by atoms with Crippen molar-refractivity contribution in [1.29, 1.82) is 0 Å². The molecule has 1 aliphatic rings. The van der Waals surface area contributed by atoms with E-state index in [9.17, 15) is 0 Å². The molecule has 0 radical (unpaired) electrons. The number of alkyl halides is 4. The van der Waals surface area contributed by atoms with Crippen molar-refractivity contribution in [2.75, 3.05) is 18.5 Å². The molecule has 5 heteroatoms. The van der Waals surface area contributed by atoms with Crippen LogP contribution in [0, 0.1) is 6.92 Å². The third-order valence-electron chi connectivity index (χ3n) is 12.4. The minimum atomic E-state index is -4.57. The standard InChI is InChI=1S/C53H47BrF3N/c1-38-8-12-40(13-9-38)42-16-20-45(21-17-42)47-26-30-50(31-27-47)52(53(55,56)57,49-6-4-3-5-7-49)36-39-10-14-41(15-11-39)43-18-22-44(23-19-43)46-24-28-48(29-25-46)51(2)32-34-58(37-54)35-33-51/h3-31H,32-37H2,1-2H3. The highest BCUT2D eigenvalue weighted by Gasteiger charge is 2.56. The van der Waals surface area contributed by atoms with E-state index in [-0.39, 0.29) is 23.0 Å². The number of hydrogen-bond donors (Lipinski definition) is 0. The number of likely N-dealkylation sites (tertiary alicyclic amines) is 1. The number of hydrogen-bond acceptors (Lipinski definition) is 1. The fourth-order valence-electron chi connectivity index (χ4n) is 8.57. The molecule has 1 heterocycles. The van der Waals surface area contributed by atoms with Crippen LogP contribution in [0.3, 0.4) is 0 Å². The summed E-state index contributed by atoms with van der Waals surface area (Å²) in [5.74, 6) is 0. The second-order valence-electron chi connectivity index (χ2n) is 16.1. The third kappa shape index (κ3) is 8.08. The Morgan fingerprint density at radius 2 is 0.862 bits per heavy atom. The number of nitrogens with zero attached hydrogens (tertiary/aromatic N) is 1. The van der Waals surface area contributed by atoms with Gasteiger partial charge in [-0.1, -0.05) is 204 Å². The number of aryl methyl sites for hydroxylation is 1. The lowest BCUT2D eigenvalue weighted by Gasteiger charge is -2.39. The van der Waals surface area contributed by atoms with Crippen molar-refractivity contribution < 1.29 is 13.2 Å². The first-order valence-electron chi connectivity index (χ1n) is 20.0. The summed E-state index contributed by atoms with van der Waals surface area (Å²) in [6.07, 6.45) is -2.50. The largest absolute Gasteiger partial charge is 0.402 e. The lowest BCUT2D eigenvalue weighted by Crippen LogP contribution is -2.45. The molecule has 0 saturated carbocycles. The van der Waals surface area contributed by atoms with Crippen LogP contribution in [0.15, 0.2) is 176 Å². The summed E-state index contributed by atoms with van der Waals surface area (Å²) in [7, 11) is 0. The van der Waals surface area contributed by atoms with Gasteiger partial charge in [0.1, 0.15) is 5.41 Å². The van der Waals surface area contributed by atoms with Gasteiger partial charge in [0.15, 0.2) is 0 Å². The van der Waals surface area contributed by atoms with Gasteiger partial charge in [-0.15, -0.1) is 0 Å². The predicted molar refractivity (Wildman–Crippen MR) is 238 cm³/mol. The molecule has 1 saturated heterocycles. The Morgan fingerprint density at radius 3 is 1.28 bits per heavy atom. The topological polar surface area (TPSA) is 3.24 Å². The van der Waals surface area contributed by atoms with Crippen molar-refractivity contribution in [3.63, 3.8) is 0 Å². The maximum absolute atomic E-state index is 15.8. The fraction of sp³-hybridized carbons (Fsp3) is 0.208. The van der Waals surface area contributed by atoms with Gasteiger partial charge in [0.25, 0.3) is 0 Å². The number of benzene rings is 7. The third-order valence-corrected chi connectivity index (χ3v) is 13.1. The highest BCUT2D eigenvalue weighted by atomic mass is 79.9. The number of rotatable bonds is 10. The average molecular weight is 835 g/mol. The number of piperidine rings is 1. The molecule has 1 fully saturated rings. The maximum Gasteiger partial charge on any atom is 0.402 e. The fourth-order valence-corrected chi connectivity index (χ4v) is 9.07. The molecule has 0 aliphatic carbocycles. The van der Waals surface area contributed by atoms with Gasteiger partial charge >= 0.3 is 6.18 Å². The summed E-state index contributed by atoms with van der Waals surface area (Å²) in [5, 5.41) is 0. The van der Waals surface area contributed by atoms with Crippen LogP contribution in [0.2, 0.25) is 0 Å². The van der Waals surface area contributed by atoms with Gasteiger partial charge in [0.05, 0.1) is 5.45 Å². The molecule has 58 heavy (non-hydrogen) atoms. The SMILES string of the molecule is Cc1ccc(-c2ccc(-c3ccc(C(Cc4ccc(-c5ccc(-c6ccc(C7(C)CCN(CBr)CC7)cc6)cc5)cc4)(c4ccccc4)C(F)(F)F)cc3)cc2)cc1. The second-order valence-corrected chi connectivity index (χ2v) is 16.6. The van der Waals surface area contributed by atoms with Crippen LogP contribution in [-0.4, -0.2) is 29.6 Å². The zero-order valence-electron chi connectivity index (χ0n) is 32.9. The molecule has 0 N–H and O–H groups in total. The summed E-state index contributed by atoms with van der Waals surface area (Å²) in [6.45, 7) is 6.64. The molecule has 1 atom stereocenters. The van der Waals surface area contributed by atoms with E-state index in [1.807, 2.05) is 48.5 Å². The zero-order valence-corrected chi connectivity index (χ0v) is 34.5. The molecule has 1 nitrogen and oxygen atoms in total. The van der Waals surface area contributed by atoms with Crippen molar-refractivity contribution >= 4 is 15.9 Å². The van der Waals surface area contributed by atoms with Crippen molar-refractivity contribution in [1.82, 2.24) is 4.90 Å². The summed E-state index contributed by atoms with van der Waals surface area (Å²) in [5.41, 5.74) is 10.8. The maximum atomic E-state index is 15.8. The van der Waals surface area contributed by atoms with Crippen molar-refractivity contribution in [3.05, 3.63) is 204 Å². The van der Waals surface area contributed by atoms with Crippen LogP contribution < -0.4 is 0 Å². The highest BCUT2D eigenvalue weighted by Crippen LogP contribution is 2.49. The first-order valence-corrected chi connectivity index (χ1v) is 21.2. The Morgan fingerprint density at radius 1 is 0.500 bits per heavy atom. The summed E-state index contributed by atoms with van der Waals surface area (Å²) >= 11 is 3.60. The van der Waals surface area contributed by atoms with Crippen LogP contribution in [-0.2, 0) is 17.3 Å². The molecule has 0 aromatic heterocycles. The molecule has 0 bridgehead atoms. The van der Waals surface area contributed by atoms with Crippen LogP contribution in [0.5, 0.6) is 0 Å². The summed E-state index contributed by atoms with van der Waals surface area (Å²) in [4.78, 5) is 2.44. The minimum absolute atomic E-state index is 0.189. The first-order chi connectivity index (χ1) is 28.0. The molecule has 7 aromatic rings. The zero-order chi connectivity index (χ0) is 40.3. The second kappa shape index (κ2) is 16.6. The van der Waals surface area contributed by atoms with Gasteiger partial charge in [0.2, 0.25) is 0 Å². The van der Waals surface area contributed by atoms with E-state index in [0.717, 1.165) is 70.3 Å². The predicted octanol–water partition coefficient (Wildman–Crippen LogP) is 14.5. The molecule has 0 spiro atoms. The van der Waals surface area contributed by atoms with E-state index in [1.165, 1.54) is 16.7 Å². The highest BCUT2D eigenvalue weighted by molar-refractivity contribution is 9.09. The smallest absolute Gasteiger partial charge is 0.293 e. The van der Waals surface area contributed by atoms with Crippen molar-refractivity contribution in [3.8, 4) is 44.5 Å². The first kappa shape index (κ1) is 39.6. The Balaban J connectivity index is 1.02. The Hall–Kier alpha value is -5.23. The normalized spacial score (nSPS) is 15.5. The van der Waals surface area contributed by atoms with Crippen LogP contribution >= 0.6 is 15.9 Å². The molecule has 1 unspecified atom stereocenters. The molecule has 292 valence electrons. The molecule has 0 amide bonds. The molecule has 1 aliphatic heterocycles. The van der Waals surface area contributed by atoms with Gasteiger partial charge < -0.3 is 0 Å². The van der Waals surface area contributed by atoms with Gasteiger partial charge in [-0.3, -0.25) is 4.90 Å². The van der Waals surface area contributed by atoms with Gasteiger partial charge in [0, 0.05) is 0 Å². The summed E-state index contributed by atoms with van der Waals surface area (Å²) < 4.78 is 47.3. The van der Waals surface area contributed by atoms with E-state index >= 15 is 13.2 Å². The molecular weight excluding hydrogens is 787 g/mol. The summed E-state index contributed by atoms with van der Waals surface area (Å²) in [6, 6.07) is 56.9. The monoisotopic (exact) mass is 833 g/mol. The Kier molecular flexibility index (Phi) is 11.3. The number of halogens is 4. The molecule has 7 aromatic carbocycles. The minimum Gasteiger partial charge on any atom is -0.293 e. The van der Waals surface area contributed by atoms with Gasteiger partial charge in [-0.25, -0.2) is 0 Å². The van der Waals surface area contributed by atoms with E-state index in [2.05, 4.69) is 120 Å². The van der Waals surface area contributed by atoms with Crippen molar-refractivity contribution in [2.45, 2.75) is 50.1 Å². The van der Waals surface area contributed by atoms with Crippen LogP contribution in [0.1, 0.15) is 47.6 Å². The van der Waals surface area contributed by atoms with Crippen molar-refractivity contribution in [2.24, 2.45) is 0 Å². The Bertz CT molecular complexity index is 2410. The van der Waals surface area contributed by atoms with E-state index in [0.29, 0.717) is 5.56 Å². The van der Waals surface area contributed by atoms with E-state index in [1.54, 1.807) is 42.5 Å².